The van der Waals surface area contributed by atoms with Crippen LogP contribution >= 0.6 is 11.3 Å². The molecule has 0 aliphatic heterocycles. The van der Waals surface area contributed by atoms with E-state index in [-0.39, 0.29) is 6.03 Å². The third-order valence-corrected chi connectivity index (χ3v) is 5.55. The van der Waals surface area contributed by atoms with Gasteiger partial charge >= 0.3 is 6.03 Å². The first-order valence-corrected chi connectivity index (χ1v) is 9.29. The molecule has 2 aromatic carbocycles. The Labute approximate surface area is 150 Å². The van der Waals surface area contributed by atoms with Crippen molar-refractivity contribution in [3.8, 4) is 11.1 Å². The van der Waals surface area contributed by atoms with Gasteiger partial charge in [0, 0.05) is 16.8 Å². The van der Waals surface area contributed by atoms with Crippen molar-refractivity contribution in [2.24, 2.45) is 0 Å². The average molecular weight is 349 g/mol. The van der Waals surface area contributed by atoms with Crippen LogP contribution in [0.1, 0.15) is 30.1 Å². The van der Waals surface area contributed by atoms with Crippen LogP contribution in [0, 0.1) is 0 Å². The molecule has 2 amide bonds. The smallest absolute Gasteiger partial charge is 0.308 e. The summed E-state index contributed by atoms with van der Waals surface area (Å²) in [5.74, 6) is 0.638. The zero-order valence-corrected chi connectivity index (χ0v) is 14.6. The number of nitrogens with one attached hydrogen (secondary N) is 2. The molecule has 0 atom stereocenters. The number of hydrogen-bond acceptors (Lipinski definition) is 3. The number of benzene rings is 2. The average Bonchev–Trinajstić information content (AvgIpc) is 3.02. The molecule has 2 N–H and O–H groups in total. The Balaban J connectivity index is 1.41. The molecule has 0 radical (unpaired) electrons. The summed E-state index contributed by atoms with van der Waals surface area (Å²) in [5, 5.41) is 6.37. The zero-order chi connectivity index (χ0) is 17.1. The molecule has 25 heavy (non-hydrogen) atoms. The minimum absolute atomic E-state index is 0.264. The predicted molar refractivity (Wildman–Crippen MR) is 103 cm³/mol. The van der Waals surface area contributed by atoms with Crippen LogP contribution in [0.3, 0.4) is 0 Å². The van der Waals surface area contributed by atoms with Crippen molar-refractivity contribution >= 4 is 28.2 Å². The van der Waals surface area contributed by atoms with Gasteiger partial charge in [-0.2, -0.15) is 0 Å². The van der Waals surface area contributed by atoms with Crippen molar-refractivity contribution in [1.82, 2.24) is 4.98 Å². The molecule has 1 fully saturated rings. The summed E-state index contributed by atoms with van der Waals surface area (Å²) in [4.78, 5) is 17.8. The second-order valence-corrected chi connectivity index (χ2v) is 7.28. The molecule has 0 bridgehead atoms. The second kappa shape index (κ2) is 7.07. The van der Waals surface area contributed by atoms with Gasteiger partial charge in [0.25, 0.3) is 0 Å². The van der Waals surface area contributed by atoms with Gasteiger partial charge in [0.2, 0.25) is 0 Å². The largest absolute Gasteiger partial charge is 0.325 e. The SMILES string of the molecule is O=C(Nc1cccc(-c2ccccc2)c1)Nc1ncc(C2CCC2)s1. The topological polar surface area (TPSA) is 54.0 Å². The molecular weight excluding hydrogens is 330 g/mol. The Morgan fingerprint density at radius 1 is 1.00 bits per heavy atom. The highest BCUT2D eigenvalue weighted by molar-refractivity contribution is 7.15. The maximum atomic E-state index is 12.2. The predicted octanol–water partition coefficient (Wildman–Crippen LogP) is 5.72. The molecular formula is C20H19N3OS. The van der Waals surface area contributed by atoms with Crippen LogP contribution < -0.4 is 10.6 Å². The monoisotopic (exact) mass is 349 g/mol. The van der Waals surface area contributed by atoms with Crippen molar-refractivity contribution in [3.63, 3.8) is 0 Å². The number of urea groups is 1. The Hall–Kier alpha value is -2.66. The van der Waals surface area contributed by atoms with Gasteiger partial charge in [0.1, 0.15) is 0 Å². The summed E-state index contributed by atoms with van der Waals surface area (Å²) < 4.78 is 0. The normalized spacial score (nSPS) is 13.9. The van der Waals surface area contributed by atoms with Gasteiger partial charge in [0.05, 0.1) is 0 Å². The number of aromatic nitrogens is 1. The molecule has 0 unspecified atom stereocenters. The summed E-state index contributed by atoms with van der Waals surface area (Å²) in [6.45, 7) is 0. The summed E-state index contributed by atoms with van der Waals surface area (Å²) >= 11 is 1.57. The van der Waals surface area contributed by atoms with Crippen LogP contribution in [0.15, 0.2) is 60.8 Å². The van der Waals surface area contributed by atoms with Crippen LogP contribution in [0.2, 0.25) is 0 Å². The van der Waals surface area contributed by atoms with Crippen LogP contribution in [0.25, 0.3) is 11.1 Å². The summed E-state index contributed by atoms with van der Waals surface area (Å²) in [6, 6.07) is 17.7. The molecule has 4 nitrogen and oxygen atoms in total. The molecule has 1 aliphatic carbocycles. The van der Waals surface area contributed by atoms with E-state index < -0.39 is 0 Å². The quantitative estimate of drug-likeness (QED) is 0.633. The van der Waals surface area contributed by atoms with E-state index in [9.17, 15) is 4.79 Å². The molecule has 0 saturated heterocycles. The van der Waals surface area contributed by atoms with Crippen molar-refractivity contribution < 1.29 is 4.79 Å². The first-order chi connectivity index (χ1) is 12.3. The minimum atomic E-state index is -0.264. The lowest BCUT2D eigenvalue weighted by Gasteiger charge is -2.23. The third-order valence-electron chi connectivity index (χ3n) is 4.48. The number of rotatable bonds is 4. The third kappa shape index (κ3) is 3.72. The van der Waals surface area contributed by atoms with Gasteiger partial charge in [-0.25, -0.2) is 9.78 Å². The van der Waals surface area contributed by atoms with Crippen molar-refractivity contribution in [2.75, 3.05) is 10.6 Å². The molecule has 1 aliphatic rings. The number of hydrogen-bond donors (Lipinski definition) is 2. The molecule has 5 heteroatoms. The van der Waals surface area contributed by atoms with E-state index in [4.69, 9.17) is 0 Å². The van der Waals surface area contributed by atoms with Gasteiger partial charge < -0.3 is 5.32 Å². The van der Waals surface area contributed by atoms with Crippen LogP contribution in [-0.2, 0) is 0 Å². The molecule has 126 valence electrons. The van der Waals surface area contributed by atoms with Gasteiger partial charge in [-0.15, -0.1) is 11.3 Å². The molecule has 1 aromatic heterocycles. The zero-order valence-electron chi connectivity index (χ0n) is 13.7. The number of carbonyl (C=O) groups is 1. The van der Waals surface area contributed by atoms with Crippen molar-refractivity contribution in [1.29, 1.82) is 0 Å². The van der Waals surface area contributed by atoms with E-state index in [1.54, 1.807) is 11.3 Å². The summed E-state index contributed by atoms with van der Waals surface area (Å²) in [6.07, 6.45) is 5.66. The molecule has 0 spiro atoms. The highest BCUT2D eigenvalue weighted by Crippen LogP contribution is 2.39. The maximum Gasteiger partial charge on any atom is 0.325 e. The Kier molecular flexibility index (Phi) is 4.48. The minimum Gasteiger partial charge on any atom is -0.308 e. The number of amides is 2. The van der Waals surface area contributed by atoms with E-state index in [2.05, 4.69) is 27.8 Å². The molecule has 3 aromatic rings. The highest BCUT2D eigenvalue weighted by atomic mass is 32.1. The number of thiazole rings is 1. The van der Waals surface area contributed by atoms with E-state index >= 15 is 0 Å². The fourth-order valence-corrected chi connectivity index (χ4v) is 3.87. The maximum absolute atomic E-state index is 12.2. The van der Waals surface area contributed by atoms with Gasteiger partial charge in [-0.1, -0.05) is 48.9 Å². The van der Waals surface area contributed by atoms with Crippen LogP contribution in [-0.4, -0.2) is 11.0 Å². The molecule has 1 saturated carbocycles. The number of carbonyl (C=O) groups excluding carboxylic acids is 1. The van der Waals surface area contributed by atoms with Crippen molar-refractivity contribution in [3.05, 3.63) is 65.7 Å². The van der Waals surface area contributed by atoms with Crippen LogP contribution in [0.5, 0.6) is 0 Å². The van der Waals surface area contributed by atoms with Gasteiger partial charge in [-0.3, -0.25) is 5.32 Å². The second-order valence-electron chi connectivity index (χ2n) is 6.22. The Bertz CT molecular complexity index is 871. The Morgan fingerprint density at radius 3 is 2.56 bits per heavy atom. The lowest BCUT2D eigenvalue weighted by atomic mass is 9.85. The van der Waals surface area contributed by atoms with E-state index in [1.165, 1.54) is 24.1 Å². The Morgan fingerprint density at radius 2 is 1.80 bits per heavy atom. The fourth-order valence-electron chi connectivity index (χ4n) is 2.89. The standard InChI is InChI=1S/C20H19N3OS/c24-19(23-20-21-13-18(25-20)15-8-4-9-15)22-17-11-5-10-16(12-17)14-6-2-1-3-7-14/h1-3,5-7,10-13,15H,4,8-9H2,(H2,21,22,23,24). The van der Waals surface area contributed by atoms with E-state index in [1.807, 2.05) is 48.7 Å². The van der Waals surface area contributed by atoms with Gasteiger partial charge in [0.15, 0.2) is 5.13 Å². The first-order valence-electron chi connectivity index (χ1n) is 8.47. The summed E-state index contributed by atoms with van der Waals surface area (Å²) in [7, 11) is 0. The molecule has 1 heterocycles. The fraction of sp³-hybridized carbons (Fsp3) is 0.200. The highest BCUT2D eigenvalue weighted by Gasteiger charge is 2.22. The van der Waals surface area contributed by atoms with Crippen molar-refractivity contribution in [2.45, 2.75) is 25.2 Å². The van der Waals surface area contributed by atoms with Crippen LogP contribution in [0.4, 0.5) is 15.6 Å². The van der Waals surface area contributed by atoms with E-state index in [0.29, 0.717) is 11.0 Å². The van der Waals surface area contributed by atoms with Gasteiger partial charge in [-0.05, 0) is 42.0 Å². The number of anilines is 2. The van der Waals surface area contributed by atoms with E-state index in [0.717, 1.165) is 16.8 Å². The lowest BCUT2D eigenvalue weighted by molar-refractivity contribution is 0.262. The number of nitrogens with zero attached hydrogens (tertiary/aromatic N) is 1. The molecule has 4 rings (SSSR count). The first kappa shape index (κ1) is 15.8. The summed E-state index contributed by atoms with van der Waals surface area (Å²) in [5.41, 5.74) is 2.95. The lowest BCUT2D eigenvalue weighted by Crippen LogP contribution is -2.19.